The molecule has 14 heavy (non-hydrogen) atoms. The molecule has 0 rings (SSSR count). The summed E-state index contributed by atoms with van der Waals surface area (Å²) in [4.78, 5) is 10.9. The average Bonchev–Trinajstić information content (AvgIpc) is 2.22. The van der Waals surface area contributed by atoms with Crippen molar-refractivity contribution in [2.24, 2.45) is 0 Å². The molecule has 0 spiro atoms. The molecular formula is C10H18O4. The molecule has 82 valence electrons. The Bertz CT molecular complexity index is 189. The second-order valence-electron chi connectivity index (χ2n) is 2.86. The summed E-state index contributed by atoms with van der Waals surface area (Å²) >= 11 is 0. The van der Waals surface area contributed by atoms with Crippen molar-refractivity contribution in [3.63, 3.8) is 0 Å². The van der Waals surface area contributed by atoms with Crippen LogP contribution in [0.25, 0.3) is 0 Å². The predicted octanol–water partition coefficient (Wildman–Crippen LogP) is 1.50. The lowest BCUT2D eigenvalue weighted by Crippen LogP contribution is -2.19. The van der Waals surface area contributed by atoms with Gasteiger partial charge in [-0.3, -0.25) is 0 Å². The lowest BCUT2D eigenvalue weighted by molar-refractivity contribution is -0.141. The smallest absolute Gasteiger partial charge is 0.335 e. The predicted molar refractivity (Wildman–Crippen MR) is 52.8 cm³/mol. The molecule has 0 aliphatic rings. The molecule has 0 saturated carbocycles. The third kappa shape index (κ3) is 4.99. The van der Waals surface area contributed by atoms with Gasteiger partial charge >= 0.3 is 5.97 Å². The highest BCUT2D eigenvalue weighted by Gasteiger charge is 2.11. The van der Waals surface area contributed by atoms with Gasteiger partial charge in [0.2, 0.25) is 0 Å². The van der Waals surface area contributed by atoms with Gasteiger partial charge in [0.1, 0.15) is 0 Å². The normalized spacial score (nSPS) is 12.2. The molecule has 0 saturated heterocycles. The minimum absolute atomic E-state index is 0.144. The van der Waals surface area contributed by atoms with Crippen LogP contribution in [0.3, 0.4) is 0 Å². The van der Waals surface area contributed by atoms with E-state index in [1.54, 1.807) is 7.11 Å². The Labute approximate surface area is 84.8 Å². The van der Waals surface area contributed by atoms with Crippen LogP contribution in [0.4, 0.5) is 0 Å². The zero-order valence-electron chi connectivity index (χ0n) is 9.04. The highest BCUT2D eigenvalue weighted by molar-refractivity contribution is 5.87. The van der Waals surface area contributed by atoms with Gasteiger partial charge in [0.25, 0.3) is 0 Å². The number of methoxy groups -OCH3 is 2. The Morgan fingerprint density at radius 2 is 2.07 bits per heavy atom. The molecule has 4 nitrogen and oxygen atoms in total. The summed E-state index contributed by atoms with van der Waals surface area (Å²) in [5, 5.41) is 0. The van der Waals surface area contributed by atoms with Gasteiger partial charge in [-0.15, -0.1) is 0 Å². The monoisotopic (exact) mass is 202 g/mol. The van der Waals surface area contributed by atoms with E-state index >= 15 is 0 Å². The zero-order chi connectivity index (χ0) is 11.0. The molecule has 1 unspecified atom stereocenters. The first kappa shape index (κ1) is 13.1. The molecule has 0 aliphatic carbocycles. The molecule has 0 aromatic carbocycles. The summed E-state index contributed by atoms with van der Waals surface area (Å²) in [6.45, 7) is 5.71. The van der Waals surface area contributed by atoms with Gasteiger partial charge in [0.15, 0.2) is 6.29 Å². The maximum atomic E-state index is 10.9. The Morgan fingerprint density at radius 3 is 2.50 bits per heavy atom. The van der Waals surface area contributed by atoms with Gasteiger partial charge in [-0.05, 0) is 6.42 Å². The van der Waals surface area contributed by atoms with Crippen LogP contribution in [-0.2, 0) is 19.0 Å². The lowest BCUT2D eigenvalue weighted by atomic mass is 10.3. The van der Waals surface area contributed by atoms with Crippen molar-refractivity contribution in [1.29, 1.82) is 0 Å². The minimum atomic E-state index is -0.448. The van der Waals surface area contributed by atoms with Crippen molar-refractivity contribution in [3.8, 4) is 0 Å². The Morgan fingerprint density at radius 1 is 1.43 bits per heavy atom. The van der Waals surface area contributed by atoms with Crippen LogP contribution < -0.4 is 0 Å². The number of carbonyl (C=O) groups is 1. The van der Waals surface area contributed by atoms with Gasteiger partial charge < -0.3 is 14.2 Å². The maximum absolute atomic E-state index is 10.9. The van der Waals surface area contributed by atoms with E-state index in [0.29, 0.717) is 5.57 Å². The molecular weight excluding hydrogens is 184 g/mol. The third-order valence-corrected chi connectivity index (χ3v) is 1.70. The first-order valence-corrected chi connectivity index (χ1v) is 4.56. The molecule has 1 atom stereocenters. The minimum Gasteiger partial charge on any atom is -0.466 e. The Kier molecular flexibility index (Phi) is 7.06. The van der Waals surface area contributed by atoms with Gasteiger partial charge in [0.05, 0.1) is 19.3 Å². The van der Waals surface area contributed by atoms with E-state index in [2.05, 4.69) is 11.3 Å². The van der Waals surface area contributed by atoms with Crippen LogP contribution in [0.2, 0.25) is 0 Å². The fraction of sp³-hybridized carbons (Fsp3) is 0.700. The van der Waals surface area contributed by atoms with Crippen LogP contribution >= 0.6 is 0 Å². The van der Waals surface area contributed by atoms with E-state index in [9.17, 15) is 4.79 Å². The van der Waals surface area contributed by atoms with E-state index in [0.717, 1.165) is 12.8 Å². The van der Waals surface area contributed by atoms with Crippen molar-refractivity contribution in [2.45, 2.75) is 26.1 Å². The standard InChI is InChI=1S/C10H18O4/c1-5-6-9(12-3)14-7-8(2)10(11)13-4/h9H,2,5-7H2,1,3-4H3. The summed E-state index contributed by atoms with van der Waals surface area (Å²) in [5.41, 5.74) is 0.297. The number of ether oxygens (including phenoxy) is 3. The molecule has 4 heteroatoms. The van der Waals surface area contributed by atoms with E-state index in [1.165, 1.54) is 7.11 Å². The van der Waals surface area contributed by atoms with E-state index in [4.69, 9.17) is 9.47 Å². The number of rotatable bonds is 7. The third-order valence-electron chi connectivity index (χ3n) is 1.70. The molecule has 0 amide bonds. The van der Waals surface area contributed by atoms with Crippen molar-refractivity contribution in [2.75, 3.05) is 20.8 Å². The van der Waals surface area contributed by atoms with Crippen LogP contribution in [0, 0.1) is 0 Å². The first-order chi connectivity index (χ1) is 6.65. The zero-order valence-corrected chi connectivity index (χ0v) is 9.04. The van der Waals surface area contributed by atoms with Crippen LogP contribution in [0.1, 0.15) is 19.8 Å². The summed E-state index contributed by atoms with van der Waals surface area (Å²) < 4.78 is 14.8. The Balaban J connectivity index is 3.79. The van der Waals surface area contributed by atoms with E-state index in [1.807, 2.05) is 6.92 Å². The van der Waals surface area contributed by atoms with Crippen LogP contribution in [-0.4, -0.2) is 33.1 Å². The molecule has 0 aliphatic heterocycles. The highest BCUT2D eigenvalue weighted by Crippen LogP contribution is 2.05. The molecule has 0 fully saturated rings. The van der Waals surface area contributed by atoms with E-state index in [-0.39, 0.29) is 12.9 Å². The lowest BCUT2D eigenvalue weighted by Gasteiger charge is -2.15. The molecule has 0 bridgehead atoms. The average molecular weight is 202 g/mol. The molecule has 0 heterocycles. The summed E-state index contributed by atoms with van der Waals surface area (Å²) in [6, 6.07) is 0. The molecule has 0 N–H and O–H groups in total. The van der Waals surface area contributed by atoms with Crippen molar-refractivity contribution >= 4 is 5.97 Å². The Hall–Kier alpha value is -0.870. The van der Waals surface area contributed by atoms with Crippen molar-refractivity contribution in [1.82, 2.24) is 0 Å². The first-order valence-electron chi connectivity index (χ1n) is 4.56. The number of esters is 1. The summed E-state index contributed by atoms with van der Waals surface area (Å²) in [5.74, 6) is -0.448. The summed E-state index contributed by atoms with van der Waals surface area (Å²) in [6.07, 6.45) is 1.48. The highest BCUT2D eigenvalue weighted by atomic mass is 16.7. The van der Waals surface area contributed by atoms with Crippen molar-refractivity contribution < 1.29 is 19.0 Å². The largest absolute Gasteiger partial charge is 0.466 e. The maximum Gasteiger partial charge on any atom is 0.335 e. The van der Waals surface area contributed by atoms with Gasteiger partial charge in [0, 0.05) is 7.11 Å². The van der Waals surface area contributed by atoms with Gasteiger partial charge in [-0.2, -0.15) is 0 Å². The SMILES string of the molecule is C=C(COC(CCC)OC)C(=O)OC. The van der Waals surface area contributed by atoms with Gasteiger partial charge in [-0.25, -0.2) is 4.79 Å². The number of hydrogen-bond acceptors (Lipinski definition) is 4. The van der Waals surface area contributed by atoms with E-state index < -0.39 is 5.97 Å². The topological polar surface area (TPSA) is 44.8 Å². The van der Waals surface area contributed by atoms with Crippen LogP contribution in [0.15, 0.2) is 12.2 Å². The fourth-order valence-electron chi connectivity index (χ4n) is 0.902. The van der Waals surface area contributed by atoms with Crippen LogP contribution in [0.5, 0.6) is 0 Å². The quantitative estimate of drug-likeness (QED) is 0.356. The molecule has 0 aromatic rings. The fourth-order valence-corrected chi connectivity index (χ4v) is 0.902. The number of carbonyl (C=O) groups excluding carboxylic acids is 1. The second kappa shape index (κ2) is 7.53. The molecule has 0 radical (unpaired) electrons. The van der Waals surface area contributed by atoms with Gasteiger partial charge in [-0.1, -0.05) is 19.9 Å². The number of hydrogen-bond donors (Lipinski definition) is 0. The second-order valence-corrected chi connectivity index (χ2v) is 2.86. The molecule has 0 aromatic heterocycles. The summed E-state index contributed by atoms with van der Waals surface area (Å²) in [7, 11) is 2.88. The van der Waals surface area contributed by atoms with Crippen molar-refractivity contribution in [3.05, 3.63) is 12.2 Å².